The van der Waals surface area contributed by atoms with Gasteiger partial charge in [0.05, 0.1) is 19.0 Å². The average molecular weight is 460 g/mol. The predicted octanol–water partition coefficient (Wildman–Crippen LogP) is -4.92. The van der Waals surface area contributed by atoms with Crippen LogP contribution < -0.4 is 38.9 Å². The molecule has 32 heavy (non-hydrogen) atoms. The molecular weight excluding hydrogens is 426 g/mol. The van der Waals surface area contributed by atoms with Crippen LogP contribution in [0, 0.1) is 0 Å². The minimum Gasteiger partial charge on any atom is -0.370 e. The summed E-state index contributed by atoms with van der Waals surface area (Å²) in [6, 6.07) is -1.85. The first-order valence-corrected chi connectivity index (χ1v) is 9.83. The van der Waals surface area contributed by atoms with Crippen molar-refractivity contribution in [1.82, 2.24) is 16.0 Å². The topological polar surface area (TPSA) is 274 Å². The minimum absolute atomic E-state index is 0.0761. The van der Waals surface area contributed by atoms with E-state index in [9.17, 15) is 19.2 Å². The number of hydrogen-bond acceptors (Lipinski definition) is 8. The zero-order chi connectivity index (χ0) is 24.5. The van der Waals surface area contributed by atoms with Crippen LogP contribution in [-0.2, 0) is 19.2 Å². The molecule has 0 radical (unpaired) electrons. The molecule has 0 heterocycles. The number of guanidine groups is 2. The van der Waals surface area contributed by atoms with Crippen LogP contribution >= 0.6 is 0 Å². The van der Waals surface area contributed by atoms with Gasteiger partial charge in [-0.05, 0) is 25.7 Å². The molecule has 0 aliphatic carbocycles. The number of hydrogen-bond donors (Lipinski definition) is 9. The SMILES string of the molecule is NC(N)=NCCC[C@@H](C=O)NC(=O)CNC(=O)[C@@H](CCCN=C(N)N)NC(=O)CC(O)O. The summed E-state index contributed by atoms with van der Waals surface area (Å²) in [5.41, 5.74) is 20.8. The second kappa shape index (κ2) is 16.3. The highest BCUT2D eigenvalue weighted by molar-refractivity contribution is 5.91. The molecule has 2 atom stereocenters. The maximum Gasteiger partial charge on any atom is 0.243 e. The zero-order valence-corrected chi connectivity index (χ0v) is 17.7. The number of aldehydes is 1. The number of nitrogens with one attached hydrogen (secondary N) is 3. The lowest BCUT2D eigenvalue weighted by Crippen LogP contribution is -2.50. The van der Waals surface area contributed by atoms with Gasteiger partial charge in [-0.15, -0.1) is 0 Å². The van der Waals surface area contributed by atoms with Crippen LogP contribution in [0.1, 0.15) is 32.1 Å². The van der Waals surface area contributed by atoms with Gasteiger partial charge in [-0.3, -0.25) is 24.4 Å². The van der Waals surface area contributed by atoms with E-state index >= 15 is 0 Å². The smallest absolute Gasteiger partial charge is 0.243 e. The number of rotatable bonds is 16. The fourth-order valence-corrected chi connectivity index (χ4v) is 2.43. The van der Waals surface area contributed by atoms with Crippen molar-refractivity contribution in [2.75, 3.05) is 19.6 Å². The standard InChI is InChI=1S/C17H33N9O6/c18-16(19)22-5-1-3-10(9-27)25-13(29)8-24-15(32)11(4-2-6-23-17(20)21)26-12(28)7-14(30)31/h9-11,14,30-31H,1-8H2,(H,24,32)(H,25,29)(H,26,28)(H4,18,19,22)(H4,20,21,23)/t10-,11+/m0/s1. The van der Waals surface area contributed by atoms with Crippen molar-refractivity contribution in [3.63, 3.8) is 0 Å². The summed E-state index contributed by atoms with van der Waals surface area (Å²) in [5, 5.41) is 24.9. The highest BCUT2D eigenvalue weighted by Gasteiger charge is 2.22. The van der Waals surface area contributed by atoms with E-state index in [0.717, 1.165) is 0 Å². The van der Waals surface area contributed by atoms with Gasteiger partial charge in [-0.2, -0.15) is 0 Å². The summed E-state index contributed by atoms with van der Waals surface area (Å²) in [6.07, 6.45) is -0.743. The molecule has 0 aliphatic rings. The van der Waals surface area contributed by atoms with Gasteiger partial charge in [0.2, 0.25) is 17.7 Å². The van der Waals surface area contributed by atoms with E-state index < -0.39 is 49.1 Å². The van der Waals surface area contributed by atoms with Crippen molar-refractivity contribution in [2.45, 2.75) is 50.5 Å². The number of nitrogens with two attached hydrogens (primary N) is 4. The Morgan fingerprint density at radius 3 is 1.94 bits per heavy atom. The number of carbonyl (C=O) groups is 4. The van der Waals surface area contributed by atoms with E-state index in [0.29, 0.717) is 32.1 Å². The monoisotopic (exact) mass is 459 g/mol. The van der Waals surface area contributed by atoms with Crippen LogP contribution in [0.3, 0.4) is 0 Å². The quantitative estimate of drug-likeness (QED) is 0.0348. The van der Waals surface area contributed by atoms with Crippen molar-refractivity contribution >= 4 is 35.9 Å². The summed E-state index contributed by atoms with van der Waals surface area (Å²) in [5.74, 6) is -2.27. The number of amides is 3. The lowest BCUT2D eigenvalue weighted by atomic mass is 10.1. The molecule has 15 heteroatoms. The van der Waals surface area contributed by atoms with Gasteiger partial charge >= 0.3 is 0 Å². The second-order valence-electron chi connectivity index (χ2n) is 6.73. The zero-order valence-electron chi connectivity index (χ0n) is 17.7. The Balaban J connectivity index is 4.69. The molecule has 0 bridgehead atoms. The molecule has 0 fully saturated rings. The van der Waals surface area contributed by atoms with Crippen molar-refractivity contribution in [3.05, 3.63) is 0 Å². The maximum atomic E-state index is 12.4. The van der Waals surface area contributed by atoms with Gasteiger partial charge in [0.15, 0.2) is 18.2 Å². The Labute approximate surface area is 185 Å². The van der Waals surface area contributed by atoms with Gasteiger partial charge in [0.25, 0.3) is 0 Å². The first-order valence-electron chi connectivity index (χ1n) is 9.83. The molecule has 182 valence electrons. The molecule has 0 aromatic heterocycles. The van der Waals surface area contributed by atoms with Crippen LogP contribution in [0.5, 0.6) is 0 Å². The molecule has 13 N–H and O–H groups in total. The number of aliphatic hydroxyl groups is 2. The van der Waals surface area contributed by atoms with Crippen LogP contribution in [0.2, 0.25) is 0 Å². The lowest BCUT2D eigenvalue weighted by Gasteiger charge is -2.19. The minimum atomic E-state index is -1.88. The highest BCUT2D eigenvalue weighted by atomic mass is 16.5. The summed E-state index contributed by atoms with van der Waals surface area (Å²) in [6.45, 7) is 0.0506. The van der Waals surface area contributed by atoms with Crippen LogP contribution in [0.25, 0.3) is 0 Å². The first kappa shape index (κ1) is 28.5. The third-order valence-corrected chi connectivity index (χ3v) is 3.87. The highest BCUT2D eigenvalue weighted by Crippen LogP contribution is 2.01. The molecule has 0 aliphatic heterocycles. The van der Waals surface area contributed by atoms with Crippen LogP contribution in [0.15, 0.2) is 9.98 Å². The molecule has 0 unspecified atom stereocenters. The molecular formula is C17H33N9O6. The summed E-state index contributed by atoms with van der Waals surface area (Å²) in [4.78, 5) is 54.9. The van der Waals surface area contributed by atoms with E-state index in [1.165, 1.54) is 0 Å². The van der Waals surface area contributed by atoms with E-state index in [2.05, 4.69) is 25.9 Å². The van der Waals surface area contributed by atoms with E-state index in [4.69, 9.17) is 33.1 Å². The molecule has 3 amide bonds. The Morgan fingerprint density at radius 2 is 1.44 bits per heavy atom. The fourth-order valence-electron chi connectivity index (χ4n) is 2.43. The van der Waals surface area contributed by atoms with Crippen molar-refractivity contribution < 1.29 is 29.4 Å². The fraction of sp³-hybridized carbons (Fsp3) is 0.647. The molecule has 0 aromatic carbocycles. The van der Waals surface area contributed by atoms with Gasteiger partial charge in [0, 0.05) is 13.1 Å². The number of aliphatic hydroxyl groups excluding tert-OH is 1. The van der Waals surface area contributed by atoms with Crippen LogP contribution in [-0.4, -0.2) is 84.1 Å². The van der Waals surface area contributed by atoms with Crippen molar-refractivity contribution in [2.24, 2.45) is 32.9 Å². The largest absolute Gasteiger partial charge is 0.370 e. The normalized spacial score (nSPS) is 12.2. The molecule has 0 rings (SSSR count). The third-order valence-electron chi connectivity index (χ3n) is 3.87. The van der Waals surface area contributed by atoms with Crippen LogP contribution in [0.4, 0.5) is 0 Å². The lowest BCUT2D eigenvalue weighted by molar-refractivity contribution is -0.134. The maximum absolute atomic E-state index is 12.4. The Morgan fingerprint density at radius 1 is 0.875 bits per heavy atom. The summed E-state index contributed by atoms with van der Waals surface area (Å²) in [7, 11) is 0. The number of carbonyl (C=O) groups excluding carboxylic acids is 4. The summed E-state index contributed by atoms with van der Waals surface area (Å²) < 4.78 is 0. The Hall–Kier alpha value is -3.46. The van der Waals surface area contributed by atoms with E-state index in [1.54, 1.807) is 0 Å². The third kappa shape index (κ3) is 15.4. The van der Waals surface area contributed by atoms with Gasteiger partial charge in [-0.1, -0.05) is 0 Å². The first-order chi connectivity index (χ1) is 15.0. The number of nitrogens with zero attached hydrogens (tertiary/aromatic N) is 2. The average Bonchev–Trinajstić information content (AvgIpc) is 2.69. The van der Waals surface area contributed by atoms with Gasteiger partial charge < -0.3 is 53.9 Å². The van der Waals surface area contributed by atoms with Crippen molar-refractivity contribution in [1.29, 1.82) is 0 Å². The van der Waals surface area contributed by atoms with Gasteiger partial charge in [-0.25, -0.2) is 0 Å². The van der Waals surface area contributed by atoms with Crippen molar-refractivity contribution in [3.8, 4) is 0 Å². The predicted molar refractivity (Wildman–Crippen MR) is 116 cm³/mol. The molecule has 0 saturated heterocycles. The van der Waals surface area contributed by atoms with E-state index in [1.807, 2.05) is 0 Å². The van der Waals surface area contributed by atoms with E-state index in [-0.39, 0.29) is 24.9 Å². The number of aliphatic imine (C=N–C) groups is 2. The Bertz CT molecular complexity index is 675. The second-order valence-corrected chi connectivity index (χ2v) is 6.73. The summed E-state index contributed by atoms with van der Waals surface area (Å²) >= 11 is 0. The molecule has 0 spiro atoms. The Kier molecular flexibility index (Phi) is 14.5. The van der Waals surface area contributed by atoms with Gasteiger partial charge in [0.1, 0.15) is 12.3 Å². The molecule has 0 aromatic rings. The molecule has 15 nitrogen and oxygen atoms in total. The molecule has 0 saturated carbocycles.